The van der Waals surface area contributed by atoms with Crippen LogP contribution in [-0.4, -0.2) is 28.1 Å². The van der Waals surface area contributed by atoms with Crippen LogP contribution >= 0.6 is 0 Å². The first kappa shape index (κ1) is 17.1. The van der Waals surface area contributed by atoms with Crippen LogP contribution in [0.3, 0.4) is 0 Å². The van der Waals surface area contributed by atoms with E-state index in [4.69, 9.17) is 4.74 Å². The molecule has 27 heavy (non-hydrogen) atoms. The van der Waals surface area contributed by atoms with E-state index in [9.17, 15) is 14.4 Å². The summed E-state index contributed by atoms with van der Waals surface area (Å²) in [6.07, 6.45) is 3.13. The molecule has 6 heteroatoms. The lowest BCUT2D eigenvalue weighted by molar-refractivity contribution is 0.0469. The van der Waals surface area contributed by atoms with Crippen LogP contribution in [0.4, 0.5) is 0 Å². The lowest BCUT2D eigenvalue weighted by atomic mass is 10.0. The molecule has 2 aromatic carbocycles. The number of ketones is 1. The lowest BCUT2D eigenvalue weighted by Crippen LogP contribution is -2.24. The topological polar surface area (TPSA) is 78.3 Å². The minimum absolute atomic E-state index is 0.0226. The van der Waals surface area contributed by atoms with E-state index in [2.05, 4.69) is 5.10 Å². The molecule has 1 aliphatic rings. The first-order valence-corrected chi connectivity index (χ1v) is 8.83. The highest BCUT2D eigenvalue weighted by Gasteiger charge is 2.19. The third-order valence-corrected chi connectivity index (χ3v) is 4.90. The second-order valence-electron chi connectivity index (χ2n) is 6.66. The fraction of sp³-hybridized carbons (Fsp3) is 0.238. The fourth-order valence-electron chi connectivity index (χ4n) is 3.48. The van der Waals surface area contributed by atoms with Crippen molar-refractivity contribution in [2.45, 2.75) is 19.3 Å². The minimum Gasteiger partial charge on any atom is -0.452 e. The van der Waals surface area contributed by atoms with Gasteiger partial charge in [-0.3, -0.25) is 9.59 Å². The standard InChI is InChI=1S/C21H18N2O4/c1-23-20(25)17-8-3-2-7-16(17)19(22-23)21(26)27-12-18(24)15-10-9-13-5-4-6-14(13)11-15/h2-3,7-11H,4-6,12H2,1H3. The minimum atomic E-state index is -0.726. The maximum absolute atomic E-state index is 12.5. The van der Waals surface area contributed by atoms with E-state index in [0.717, 1.165) is 23.9 Å². The van der Waals surface area contributed by atoms with Crippen molar-refractivity contribution in [2.75, 3.05) is 6.61 Å². The van der Waals surface area contributed by atoms with E-state index in [1.807, 2.05) is 12.1 Å². The van der Waals surface area contributed by atoms with Gasteiger partial charge in [-0.25, -0.2) is 9.48 Å². The van der Waals surface area contributed by atoms with Gasteiger partial charge in [-0.2, -0.15) is 5.10 Å². The number of esters is 1. The van der Waals surface area contributed by atoms with Crippen molar-refractivity contribution < 1.29 is 14.3 Å². The Morgan fingerprint density at radius 1 is 1.07 bits per heavy atom. The summed E-state index contributed by atoms with van der Waals surface area (Å²) < 4.78 is 6.30. The highest BCUT2D eigenvalue weighted by molar-refractivity contribution is 6.04. The summed E-state index contributed by atoms with van der Waals surface area (Å²) in [5, 5.41) is 4.81. The molecule has 6 nitrogen and oxygen atoms in total. The number of Topliss-reactive ketones (excluding diaryl/α,β-unsaturated/α-hetero) is 1. The summed E-state index contributed by atoms with van der Waals surface area (Å²) >= 11 is 0. The predicted molar refractivity (Wildman–Crippen MR) is 100 cm³/mol. The third kappa shape index (κ3) is 3.14. The number of hydrogen-bond donors (Lipinski definition) is 0. The summed E-state index contributed by atoms with van der Waals surface area (Å²) in [4.78, 5) is 37.0. The number of aryl methyl sites for hydroxylation is 3. The SMILES string of the molecule is Cn1nc(C(=O)OCC(=O)c2ccc3c(c2)CCC3)c2ccccc2c1=O. The first-order valence-electron chi connectivity index (χ1n) is 8.83. The maximum Gasteiger partial charge on any atom is 0.359 e. The molecule has 0 radical (unpaired) electrons. The van der Waals surface area contributed by atoms with E-state index in [1.165, 1.54) is 18.2 Å². The van der Waals surface area contributed by atoms with Crippen molar-refractivity contribution >= 4 is 22.5 Å². The van der Waals surface area contributed by atoms with Crippen molar-refractivity contribution in [2.24, 2.45) is 7.05 Å². The van der Waals surface area contributed by atoms with Crippen LogP contribution in [0.25, 0.3) is 10.8 Å². The largest absolute Gasteiger partial charge is 0.452 e. The Labute approximate surface area is 155 Å². The van der Waals surface area contributed by atoms with Crippen molar-refractivity contribution in [3.05, 3.63) is 75.2 Å². The normalized spacial score (nSPS) is 12.8. The Hall–Kier alpha value is -3.28. The van der Waals surface area contributed by atoms with Crippen LogP contribution in [0.15, 0.2) is 47.3 Å². The zero-order chi connectivity index (χ0) is 19.0. The van der Waals surface area contributed by atoms with Gasteiger partial charge in [0.05, 0.1) is 5.39 Å². The van der Waals surface area contributed by atoms with Crippen molar-refractivity contribution in [3.63, 3.8) is 0 Å². The number of ether oxygens (including phenoxy) is 1. The van der Waals surface area contributed by atoms with E-state index >= 15 is 0 Å². The van der Waals surface area contributed by atoms with Crippen LogP contribution < -0.4 is 5.56 Å². The van der Waals surface area contributed by atoms with Gasteiger partial charge in [0.1, 0.15) is 0 Å². The Morgan fingerprint density at radius 3 is 2.63 bits per heavy atom. The molecule has 1 aromatic heterocycles. The highest BCUT2D eigenvalue weighted by atomic mass is 16.5. The number of hydrogen-bond acceptors (Lipinski definition) is 5. The zero-order valence-electron chi connectivity index (χ0n) is 14.9. The molecule has 0 aliphatic heterocycles. The molecule has 0 saturated carbocycles. The number of carbonyl (C=O) groups excluding carboxylic acids is 2. The molecular formula is C21H18N2O4. The van der Waals surface area contributed by atoms with Crippen LogP contribution in [0.1, 0.15) is 38.4 Å². The van der Waals surface area contributed by atoms with Crippen LogP contribution in [0, 0.1) is 0 Å². The monoisotopic (exact) mass is 362 g/mol. The van der Waals surface area contributed by atoms with Gasteiger partial charge in [0.15, 0.2) is 18.1 Å². The number of aromatic nitrogens is 2. The third-order valence-electron chi connectivity index (χ3n) is 4.90. The molecule has 0 unspecified atom stereocenters. The Balaban J connectivity index is 1.55. The lowest BCUT2D eigenvalue weighted by Gasteiger charge is -2.08. The molecule has 0 fully saturated rings. The van der Waals surface area contributed by atoms with Gasteiger partial charge in [0, 0.05) is 18.0 Å². The van der Waals surface area contributed by atoms with Gasteiger partial charge >= 0.3 is 5.97 Å². The first-order chi connectivity index (χ1) is 13.0. The van der Waals surface area contributed by atoms with E-state index in [1.54, 1.807) is 30.3 Å². The number of fused-ring (bicyclic) bond motifs is 2. The molecule has 1 heterocycles. The number of benzene rings is 2. The number of rotatable bonds is 4. The molecule has 136 valence electrons. The summed E-state index contributed by atoms with van der Waals surface area (Å²) in [5.41, 5.74) is 2.75. The van der Waals surface area contributed by atoms with Crippen molar-refractivity contribution in [3.8, 4) is 0 Å². The highest BCUT2D eigenvalue weighted by Crippen LogP contribution is 2.23. The van der Waals surface area contributed by atoms with Gasteiger partial charge in [-0.05, 0) is 42.5 Å². The Kier molecular flexibility index (Phi) is 4.32. The summed E-state index contributed by atoms with van der Waals surface area (Å²) in [6.45, 7) is -0.365. The average molecular weight is 362 g/mol. The molecule has 0 saturated heterocycles. The summed E-state index contributed by atoms with van der Waals surface area (Å²) in [7, 11) is 1.47. The number of carbonyl (C=O) groups is 2. The Bertz CT molecular complexity index is 1130. The van der Waals surface area contributed by atoms with Crippen molar-refractivity contribution in [1.82, 2.24) is 9.78 Å². The fourth-order valence-corrected chi connectivity index (χ4v) is 3.48. The quantitative estimate of drug-likeness (QED) is 0.526. The molecule has 1 aliphatic carbocycles. The molecule has 0 N–H and O–H groups in total. The molecule has 3 aromatic rings. The van der Waals surface area contributed by atoms with Gasteiger partial charge in [-0.15, -0.1) is 0 Å². The van der Waals surface area contributed by atoms with Gasteiger partial charge in [-0.1, -0.05) is 30.3 Å². The summed E-state index contributed by atoms with van der Waals surface area (Å²) in [6, 6.07) is 12.3. The van der Waals surface area contributed by atoms with Gasteiger partial charge in [0.25, 0.3) is 5.56 Å². The Morgan fingerprint density at radius 2 is 1.81 bits per heavy atom. The summed E-state index contributed by atoms with van der Waals surface area (Å²) in [5.74, 6) is -0.983. The van der Waals surface area contributed by atoms with E-state index in [-0.39, 0.29) is 23.6 Å². The van der Waals surface area contributed by atoms with E-state index < -0.39 is 5.97 Å². The second kappa shape index (κ2) is 6.79. The van der Waals surface area contributed by atoms with E-state index in [0.29, 0.717) is 16.3 Å². The van der Waals surface area contributed by atoms with Crippen LogP contribution in [0.5, 0.6) is 0 Å². The number of nitrogens with zero attached hydrogens (tertiary/aromatic N) is 2. The van der Waals surface area contributed by atoms with Gasteiger partial charge in [0.2, 0.25) is 0 Å². The van der Waals surface area contributed by atoms with Gasteiger partial charge < -0.3 is 4.74 Å². The molecule has 0 spiro atoms. The average Bonchev–Trinajstić information content (AvgIpc) is 3.16. The molecule has 4 rings (SSSR count). The smallest absolute Gasteiger partial charge is 0.359 e. The zero-order valence-corrected chi connectivity index (χ0v) is 14.9. The maximum atomic E-state index is 12.5. The predicted octanol–water partition coefficient (Wildman–Crippen LogP) is 2.46. The van der Waals surface area contributed by atoms with Crippen LogP contribution in [0.2, 0.25) is 0 Å². The molecule has 0 bridgehead atoms. The molecule has 0 atom stereocenters. The molecule has 0 amide bonds. The van der Waals surface area contributed by atoms with Crippen molar-refractivity contribution in [1.29, 1.82) is 0 Å². The second-order valence-corrected chi connectivity index (χ2v) is 6.66. The molecular weight excluding hydrogens is 344 g/mol. The van der Waals surface area contributed by atoms with Crippen LogP contribution in [-0.2, 0) is 24.6 Å².